The van der Waals surface area contributed by atoms with E-state index in [1.54, 1.807) is 0 Å². The molecule has 1 aromatic rings. The van der Waals surface area contributed by atoms with Crippen LogP contribution in [0.4, 0.5) is 0 Å². The first kappa shape index (κ1) is 10.4. The minimum Gasteiger partial charge on any atom is -0.321 e. The number of nitrogens with two attached hydrogens (primary N) is 1. The van der Waals surface area contributed by atoms with Crippen molar-refractivity contribution in [1.29, 1.82) is 0 Å². The van der Waals surface area contributed by atoms with Gasteiger partial charge in [-0.1, -0.05) is 41.0 Å². The van der Waals surface area contributed by atoms with E-state index in [4.69, 9.17) is 5.73 Å². The summed E-state index contributed by atoms with van der Waals surface area (Å²) < 4.78 is 0. The van der Waals surface area contributed by atoms with Crippen molar-refractivity contribution in [3.8, 4) is 0 Å². The topological polar surface area (TPSA) is 26.0 Å². The molecular formula is C14H19N. The monoisotopic (exact) mass is 201 g/mol. The molecule has 1 nitrogen and oxygen atoms in total. The SMILES string of the molecule is Cc1cc(C)cc(C(N)C2=CCCC2)c1. The molecule has 1 atom stereocenters. The average molecular weight is 201 g/mol. The molecule has 1 aromatic carbocycles. The summed E-state index contributed by atoms with van der Waals surface area (Å²) in [5, 5.41) is 0. The van der Waals surface area contributed by atoms with Gasteiger partial charge in [0.05, 0.1) is 6.04 Å². The fourth-order valence-electron chi connectivity index (χ4n) is 2.38. The van der Waals surface area contributed by atoms with Crippen molar-refractivity contribution in [2.45, 2.75) is 39.2 Å². The van der Waals surface area contributed by atoms with E-state index in [1.165, 1.54) is 41.5 Å². The van der Waals surface area contributed by atoms with Crippen LogP contribution in [0.25, 0.3) is 0 Å². The van der Waals surface area contributed by atoms with E-state index in [-0.39, 0.29) is 6.04 Å². The second-order valence-electron chi connectivity index (χ2n) is 4.57. The molecule has 1 unspecified atom stereocenters. The minimum atomic E-state index is 0.117. The number of hydrogen-bond acceptors (Lipinski definition) is 1. The molecule has 1 heteroatoms. The maximum absolute atomic E-state index is 6.27. The van der Waals surface area contributed by atoms with E-state index in [9.17, 15) is 0 Å². The Morgan fingerprint density at radius 1 is 1.13 bits per heavy atom. The quantitative estimate of drug-likeness (QED) is 0.729. The molecule has 0 radical (unpaired) electrons. The average Bonchev–Trinajstić information content (AvgIpc) is 2.67. The van der Waals surface area contributed by atoms with Gasteiger partial charge in [0.15, 0.2) is 0 Å². The molecule has 15 heavy (non-hydrogen) atoms. The summed E-state index contributed by atoms with van der Waals surface area (Å²) in [6.07, 6.45) is 5.96. The zero-order valence-electron chi connectivity index (χ0n) is 9.59. The van der Waals surface area contributed by atoms with Gasteiger partial charge in [-0.05, 0) is 38.7 Å². The van der Waals surface area contributed by atoms with Gasteiger partial charge < -0.3 is 5.73 Å². The van der Waals surface area contributed by atoms with Crippen LogP contribution in [-0.4, -0.2) is 0 Å². The van der Waals surface area contributed by atoms with Crippen LogP contribution in [0, 0.1) is 13.8 Å². The van der Waals surface area contributed by atoms with Gasteiger partial charge in [-0.3, -0.25) is 0 Å². The first-order valence-corrected chi connectivity index (χ1v) is 5.69. The van der Waals surface area contributed by atoms with E-state index in [1.807, 2.05) is 0 Å². The molecule has 0 heterocycles. The zero-order valence-corrected chi connectivity index (χ0v) is 9.59. The lowest BCUT2D eigenvalue weighted by Gasteiger charge is -2.15. The third-order valence-electron chi connectivity index (χ3n) is 3.08. The summed E-state index contributed by atoms with van der Waals surface area (Å²) in [7, 11) is 0. The Labute approximate surface area is 92.0 Å². The van der Waals surface area contributed by atoms with Gasteiger partial charge in [0, 0.05) is 0 Å². The summed E-state index contributed by atoms with van der Waals surface area (Å²) in [6, 6.07) is 6.72. The highest BCUT2D eigenvalue weighted by molar-refractivity contribution is 5.35. The summed E-state index contributed by atoms with van der Waals surface area (Å²) in [6.45, 7) is 4.26. The third-order valence-corrected chi connectivity index (χ3v) is 3.08. The molecule has 1 aliphatic rings. The van der Waals surface area contributed by atoms with Gasteiger partial charge in [-0.2, -0.15) is 0 Å². The van der Waals surface area contributed by atoms with Crippen molar-refractivity contribution < 1.29 is 0 Å². The second-order valence-corrected chi connectivity index (χ2v) is 4.57. The van der Waals surface area contributed by atoms with Crippen molar-refractivity contribution in [1.82, 2.24) is 0 Å². The van der Waals surface area contributed by atoms with E-state index >= 15 is 0 Å². The van der Waals surface area contributed by atoms with Crippen molar-refractivity contribution in [3.05, 3.63) is 46.5 Å². The normalized spacial score (nSPS) is 17.7. The van der Waals surface area contributed by atoms with Gasteiger partial charge in [-0.15, -0.1) is 0 Å². The number of allylic oxidation sites excluding steroid dienone is 1. The minimum absolute atomic E-state index is 0.117. The molecule has 0 bridgehead atoms. The van der Waals surface area contributed by atoms with Crippen molar-refractivity contribution in [2.24, 2.45) is 5.73 Å². The van der Waals surface area contributed by atoms with Crippen LogP contribution >= 0.6 is 0 Å². The Morgan fingerprint density at radius 2 is 1.80 bits per heavy atom. The van der Waals surface area contributed by atoms with Crippen LogP contribution in [0.5, 0.6) is 0 Å². The Balaban J connectivity index is 2.28. The second kappa shape index (κ2) is 4.19. The molecule has 0 amide bonds. The lowest BCUT2D eigenvalue weighted by molar-refractivity contribution is 0.783. The highest BCUT2D eigenvalue weighted by Gasteiger charge is 2.15. The fraction of sp³-hybridized carbons (Fsp3) is 0.429. The number of aryl methyl sites for hydroxylation is 2. The molecule has 2 N–H and O–H groups in total. The molecule has 0 aromatic heterocycles. The van der Waals surface area contributed by atoms with Crippen LogP contribution in [0.3, 0.4) is 0 Å². The molecule has 0 saturated carbocycles. The molecule has 80 valence electrons. The first-order valence-electron chi connectivity index (χ1n) is 5.69. The largest absolute Gasteiger partial charge is 0.321 e. The molecule has 0 spiro atoms. The lowest BCUT2D eigenvalue weighted by atomic mass is 9.96. The highest BCUT2D eigenvalue weighted by Crippen LogP contribution is 2.29. The molecule has 2 rings (SSSR count). The van der Waals surface area contributed by atoms with Crippen molar-refractivity contribution in [2.75, 3.05) is 0 Å². The van der Waals surface area contributed by atoms with Crippen LogP contribution in [0.1, 0.15) is 42.0 Å². The maximum atomic E-state index is 6.27. The van der Waals surface area contributed by atoms with Gasteiger partial charge in [0.1, 0.15) is 0 Å². The number of benzene rings is 1. The smallest absolute Gasteiger partial charge is 0.0511 e. The summed E-state index contributed by atoms with van der Waals surface area (Å²) >= 11 is 0. The standard InChI is InChI=1S/C14H19N/c1-10-7-11(2)9-13(8-10)14(15)12-5-3-4-6-12/h5,7-9,14H,3-4,6,15H2,1-2H3. The third kappa shape index (κ3) is 2.29. The molecular weight excluding hydrogens is 182 g/mol. The van der Waals surface area contributed by atoms with Crippen molar-refractivity contribution >= 4 is 0 Å². The van der Waals surface area contributed by atoms with E-state index < -0.39 is 0 Å². The molecule has 0 saturated heterocycles. The Hall–Kier alpha value is -1.08. The molecule has 0 fully saturated rings. The summed E-state index contributed by atoms with van der Waals surface area (Å²) in [5.41, 5.74) is 11.6. The van der Waals surface area contributed by atoms with E-state index in [2.05, 4.69) is 38.1 Å². The van der Waals surface area contributed by atoms with Crippen LogP contribution in [-0.2, 0) is 0 Å². The first-order chi connectivity index (χ1) is 7.16. The van der Waals surface area contributed by atoms with Crippen LogP contribution in [0.2, 0.25) is 0 Å². The predicted molar refractivity (Wildman–Crippen MR) is 64.8 cm³/mol. The Kier molecular flexibility index (Phi) is 2.92. The van der Waals surface area contributed by atoms with Gasteiger partial charge in [-0.25, -0.2) is 0 Å². The van der Waals surface area contributed by atoms with Crippen LogP contribution in [0.15, 0.2) is 29.8 Å². The van der Waals surface area contributed by atoms with Crippen molar-refractivity contribution in [3.63, 3.8) is 0 Å². The molecule has 1 aliphatic carbocycles. The maximum Gasteiger partial charge on any atom is 0.0511 e. The highest BCUT2D eigenvalue weighted by atomic mass is 14.6. The predicted octanol–water partition coefficient (Wildman–Crippen LogP) is 3.41. The Bertz CT molecular complexity index is 370. The lowest BCUT2D eigenvalue weighted by Crippen LogP contribution is -2.12. The molecule has 0 aliphatic heterocycles. The zero-order chi connectivity index (χ0) is 10.8. The van der Waals surface area contributed by atoms with Gasteiger partial charge >= 0.3 is 0 Å². The fourth-order valence-corrected chi connectivity index (χ4v) is 2.38. The van der Waals surface area contributed by atoms with Gasteiger partial charge in [0.2, 0.25) is 0 Å². The number of hydrogen-bond donors (Lipinski definition) is 1. The van der Waals surface area contributed by atoms with E-state index in [0.29, 0.717) is 0 Å². The number of rotatable bonds is 2. The van der Waals surface area contributed by atoms with Gasteiger partial charge in [0.25, 0.3) is 0 Å². The van der Waals surface area contributed by atoms with Crippen LogP contribution < -0.4 is 5.73 Å². The summed E-state index contributed by atoms with van der Waals surface area (Å²) in [4.78, 5) is 0. The Morgan fingerprint density at radius 3 is 2.33 bits per heavy atom. The summed E-state index contributed by atoms with van der Waals surface area (Å²) in [5.74, 6) is 0. The van der Waals surface area contributed by atoms with E-state index in [0.717, 1.165) is 0 Å².